The quantitative estimate of drug-likeness (QED) is 0.507. The molecule has 3 heterocycles. The van der Waals surface area contributed by atoms with Gasteiger partial charge in [-0.15, -0.1) is 0 Å². The monoisotopic (exact) mass is 526 g/mol. The maximum absolute atomic E-state index is 14.6. The maximum atomic E-state index is 14.6. The SMILES string of the molecule is Nc1ncnn2c(-c3ccc(F)c(C(=O)N[C@H]4CCN(C(=O)C5CC(F)(F)C5)C4)c3)cc(C(F)(F)F)c12. The number of hydrogen-bond donors (Lipinski definition) is 2. The van der Waals surface area contributed by atoms with Crippen LogP contribution >= 0.6 is 0 Å². The van der Waals surface area contributed by atoms with Crippen molar-refractivity contribution in [3.8, 4) is 11.3 Å². The summed E-state index contributed by atoms with van der Waals surface area (Å²) in [5.74, 6) is -6.14. The summed E-state index contributed by atoms with van der Waals surface area (Å²) in [4.78, 5) is 30.3. The van der Waals surface area contributed by atoms with E-state index in [1.165, 1.54) is 11.0 Å². The molecule has 14 heteroatoms. The minimum absolute atomic E-state index is 0.0734. The number of nitrogen functional groups attached to an aromatic ring is 1. The summed E-state index contributed by atoms with van der Waals surface area (Å²) >= 11 is 0. The molecule has 1 saturated heterocycles. The van der Waals surface area contributed by atoms with Crippen molar-refractivity contribution in [1.29, 1.82) is 0 Å². The highest BCUT2D eigenvalue weighted by Gasteiger charge is 2.50. The molecule has 8 nitrogen and oxygen atoms in total. The molecule has 1 aromatic carbocycles. The summed E-state index contributed by atoms with van der Waals surface area (Å²) in [7, 11) is 0. The van der Waals surface area contributed by atoms with E-state index in [9.17, 15) is 35.9 Å². The molecule has 1 aliphatic carbocycles. The van der Waals surface area contributed by atoms with E-state index in [1.54, 1.807) is 0 Å². The van der Waals surface area contributed by atoms with E-state index in [0.29, 0.717) is 6.42 Å². The van der Waals surface area contributed by atoms with Gasteiger partial charge in [-0.3, -0.25) is 9.59 Å². The van der Waals surface area contributed by atoms with Gasteiger partial charge in [0.25, 0.3) is 5.91 Å². The Morgan fingerprint density at radius 3 is 2.57 bits per heavy atom. The van der Waals surface area contributed by atoms with Crippen LogP contribution in [0.5, 0.6) is 0 Å². The molecule has 2 aliphatic rings. The second-order valence-corrected chi connectivity index (χ2v) is 9.25. The van der Waals surface area contributed by atoms with Gasteiger partial charge in [-0.25, -0.2) is 22.7 Å². The van der Waals surface area contributed by atoms with E-state index in [-0.39, 0.29) is 24.3 Å². The lowest BCUT2D eigenvalue weighted by molar-refractivity contribution is -0.158. The number of benzene rings is 1. The highest BCUT2D eigenvalue weighted by atomic mass is 19.4. The summed E-state index contributed by atoms with van der Waals surface area (Å²) in [5, 5.41) is 6.45. The summed E-state index contributed by atoms with van der Waals surface area (Å²) in [6.45, 7) is 0.342. The molecular formula is C23H20F6N6O2. The molecule has 196 valence electrons. The number of anilines is 1. The van der Waals surface area contributed by atoms with Gasteiger partial charge in [0.2, 0.25) is 11.8 Å². The van der Waals surface area contributed by atoms with Crippen molar-refractivity contribution >= 4 is 23.1 Å². The van der Waals surface area contributed by atoms with E-state index < -0.39 is 77.0 Å². The topological polar surface area (TPSA) is 106 Å². The van der Waals surface area contributed by atoms with Crippen LogP contribution in [0.2, 0.25) is 0 Å². The fraction of sp³-hybridized carbons (Fsp3) is 0.391. The number of alkyl halides is 5. The van der Waals surface area contributed by atoms with Crippen LogP contribution in [0, 0.1) is 11.7 Å². The van der Waals surface area contributed by atoms with Crippen LogP contribution in [0.4, 0.5) is 32.2 Å². The zero-order valence-corrected chi connectivity index (χ0v) is 19.0. The van der Waals surface area contributed by atoms with Crippen LogP contribution in [0.15, 0.2) is 30.6 Å². The predicted molar refractivity (Wildman–Crippen MR) is 118 cm³/mol. The molecule has 2 aromatic heterocycles. The van der Waals surface area contributed by atoms with Crippen LogP contribution in [0.1, 0.15) is 35.2 Å². The molecule has 1 aliphatic heterocycles. The van der Waals surface area contributed by atoms with Gasteiger partial charge in [-0.1, -0.05) is 0 Å². The molecule has 0 radical (unpaired) electrons. The van der Waals surface area contributed by atoms with Gasteiger partial charge in [0.1, 0.15) is 17.7 Å². The van der Waals surface area contributed by atoms with Gasteiger partial charge in [0.05, 0.1) is 16.8 Å². The first-order chi connectivity index (χ1) is 17.3. The molecule has 0 unspecified atom stereocenters. The lowest BCUT2D eigenvalue weighted by atomic mass is 9.80. The standard InChI is InChI=1S/C23H20F6N6O2/c24-16-2-1-11(17-6-15(23(27,28)29)18-19(30)31-10-32-35(17)18)5-14(16)20(36)33-13-3-4-34(9-13)21(37)12-7-22(25,26)8-12/h1-2,5-6,10,12-13H,3-4,7-9H2,(H,33,36)(H2,30,31,32)/t13-/m0/s1. The maximum Gasteiger partial charge on any atom is 0.418 e. The van der Waals surface area contributed by atoms with E-state index in [1.807, 2.05) is 0 Å². The number of carbonyl (C=O) groups excluding carboxylic acids is 2. The van der Waals surface area contributed by atoms with E-state index in [4.69, 9.17) is 5.73 Å². The molecule has 3 N–H and O–H groups in total. The van der Waals surface area contributed by atoms with Crippen molar-refractivity contribution in [3.05, 3.63) is 47.5 Å². The summed E-state index contributed by atoms with van der Waals surface area (Å²) < 4.78 is 82.5. The number of rotatable bonds is 4. The average Bonchev–Trinajstić information content (AvgIpc) is 3.43. The van der Waals surface area contributed by atoms with Crippen molar-refractivity contribution in [1.82, 2.24) is 24.8 Å². The Morgan fingerprint density at radius 1 is 1.16 bits per heavy atom. The number of fused-ring (bicyclic) bond motifs is 1. The minimum atomic E-state index is -4.77. The Kier molecular flexibility index (Phi) is 5.79. The third kappa shape index (κ3) is 4.55. The van der Waals surface area contributed by atoms with Gasteiger partial charge in [0.15, 0.2) is 5.82 Å². The zero-order valence-electron chi connectivity index (χ0n) is 19.0. The zero-order chi connectivity index (χ0) is 26.7. The number of likely N-dealkylation sites (tertiary alicyclic amines) is 1. The third-order valence-electron chi connectivity index (χ3n) is 6.67. The van der Waals surface area contributed by atoms with Crippen molar-refractivity contribution in [2.24, 2.45) is 5.92 Å². The molecule has 1 atom stereocenters. The fourth-order valence-corrected chi connectivity index (χ4v) is 4.78. The normalized spacial score (nSPS) is 19.7. The van der Waals surface area contributed by atoms with Crippen molar-refractivity contribution in [2.45, 2.75) is 37.4 Å². The Hall–Kier alpha value is -3.84. The molecular weight excluding hydrogens is 506 g/mol. The van der Waals surface area contributed by atoms with Crippen LogP contribution in [-0.2, 0) is 11.0 Å². The molecule has 0 bridgehead atoms. The van der Waals surface area contributed by atoms with E-state index in [0.717, 1.165) is 29.0 Å². The van der Waals surface area contributed by atoms with Gasteiger partial charge >= 0.3 is 6.18 Å². The predicted octanol–water partition coefficient (Wildman–Crippen LogP) is 3.51. The Labute approximate surface area is 205 Å². The van der Waals surface area contributed by atoms with Crippen molar-refractivity contribution < 1.29 is 35.9 Å². The number of nitrogens with one attached hydrogen (secondary N) is 1. The Bertz CT molecular complexity index is 1400. The molecule has 0 spiro atoms. The van der Waals surface area contributed by atoms with E-state index in [2.05, 4.69) is 15.4 Å². The first kappa shape index (κ1) is 24.8. The summed E-state index contributed by atoms with van der Waals surface area (Å²) in [6.07, 6.45) is -4.46. The van der Waals surface area contributed by atoms with Gasteiger partial charge < -0.3 is 16.0 Å². The fourth-order valence-electron chi connectivity index (χ4n) is 4.78. The van der Waals surface area contributed by atoms with Gasteiger partial charge in [-0.2, -0.15) is 18.3 Å². The first-order valence-electron chi connectivity index (χ1n) is 11.3. The largest absolute Gasteiger partial charge is 0.418 e. The molecule has 37 heavy (non-hydrogen) atoms. The van der Waals surface area contributed by atoms with Crippen LogP contribution in [0.25, 0.3) is 16.8 Å². The number of nitrogens with two attached hydrogens (primary N) is 1. The first-order valence-corrected chi connectivity index (χ1v) is 11.3. The van der Waals surface area contributed by atoms with Crippen molar-refractivity contribution in [3.63, 3.8) is 0 Å². The second-order valence-electron chi connectivity index (χ2n) is 9.25. The molecule has 5 rings (SSSR count). The Balaban J connectivity index is 1.36. The summed E-state index contributed by atoms with van der Waals surface area (Å²) in [5.41, 5.74) is 3.66. The highest BCUT2D eigenvalue weighted by molar-refractivity contribution is 5.96. The van der Waals surface area contributed by atoms with Crippen LogP contribution in [-0.4, -0.2) is 56.4 Å². The van der Waals surface area contributed by atoms with Gasteiger partial charge in [0, 0.05) is 43.5 Å². The number of halogens is 6. The molecule has 2 fully saturated rings. The Morgan fingerprint density at radius 2 is 1.89 bits per heavy atom. The highest BCUT2D eigenvalue weighted by Crippen LogP contribution is 2.43. The number of aromatic nitrogens is 3. The third-order valence-corrected chi connectivity index (χ3v) is 6.67. The van der Waals surface area contributed by atoms with Crippen LogP contribution in [0.3, 0.4) is 0 Å². The number of nitrogens with zero attached hydrogens (tertiary/aromatic N) is 4. The van der Waals surface area contributed by atoms with Crippen molar-refractivity contribution in [2.75, 3.05) is 18.8 Å². The minimum Gasteiger partial charge on any atom is -0.382 e. The van der Waals surface area contributed by atoms with E-state index >= 15 is 0 Å². The smallest absolute Gasteiger partial charge is 0.382 e. The number of amides is 2. The molecule has 3 aromatic rings. The second kappa shape index (κ2) is 8.63. The molecule has 2 amide bonds. The lowest BCUT2D eigenvalue weighted by Gasteiger charge is -2.36. The number of hydrogen-bond acceptors (Lipinski definition) is 5. The average molecular weight is 526 g/mol. The summed E-state index contributed by atoms with van der Waals surface area (Å²) in [6, 6.07) is 3.50. The number of carbonyl (C=O) groups is 2. The van der Waals surface area contributed by atoms with Crippen LogP contribution < -0.4 is 11.1 Å². The molecule has 1 saturated carbocycles. The van der Waals surface area contributed by atoms with Gasteiger partial charge in [-0.05, 0) is 30.7 Å². The lowest BCUT2D eigenvalue weighted by Crippen LogP contribution is -2.47.